The monoisotopic (exact) mass is 383 g/mol. The maximum Gasteiger partial charge on any atom is 0.255 e. The molecule has 1 aliphatic rings. The molecule has 0 aromatic heterocycles. The zero-order valence-corrected chi connectivity index (χ0v) is 16.4. The van der Waals surface area contributed by atoms with Gasteiger partial charge in [0.05, 0.1) is 12.2 Å². The first-order chi connectivity index (χ1) is 12.2. The van der Waals surface area contributed by atoms with E-state index >= 15 is 0 Å². The first-order valence-corrected chi connectivity index (χ1v) is 9.10. The maximum atomic E-state index is 12.3. The summed E-state index contributed by atoms with van der Waals surface area (Å²) in [5.41, 5.74) is 0.531. The number of hydrogen-bond acceptors (Lipinski definition) is 4. The summed E-state index contributed by atoms with van der Waals surface area (Å²) in [5, 5.41) is 6.12. The summed E-state index contributed by atoms with van der Waals surface area (Å²) < 4.78 is 5.48. The van der Waals surface area contributed by atoms with Crippen LogP contribution in [-0.2, 0) is 4.79 Å². The lowest BCUT2D eigenvalue weighted by atomic mass is 10.1. The Morgan fingerprint density at radius 3 is 2.81 bits per heavy atom. The SMILES string of the molecule is CCOc1ccccc1C(=O)NCCCC(=O)N1CCCC(NC)C1.Cl. The Morgan fingerprint density at radius 1 is 1.31 bits per heavy atom. The first kappa shape index (κ1) is 22.3. The average molecular weight is 384 g/mol. The number of amides is 2. The number of ether oxygens (including phenoxy) is 1. The molecule has 0 aliphatic carbocycles. The quantitative estimate of drug-likeness (QED) is 0.675. The molecule has 2 rings (SSSR count). The third-order valence-corrected chi connectivity index (χ3v) is 4.47. The summed E-state index contributed by atoms with van der Waals surface area (Å²) in [6, 6.07) is 7.59. The van der Waals surface area contributed by atoms with Crippen molar-refractivity contribution in [2.45, 2.75) is 38.6 Å². The lowest BCUT2D eigenvalue weighted by Crippen LogP contribution is -2.47. The summed E-state index contributed by atoms with van der Waals surface area (Å²) in [6.07, 6.45) is 3.27. The molecule has 146 valence electrons. The molecule has 1 aliphatic heterocycles. The van der Waals surface area contributed by atoms with Crippen molar-refractivity contribution in [3.05, 3.63) is 29.8 Å². The van der Waals surface area contributed by atoms with E-state index in [0.29, 0.717) is 43.3 Å². The van der Waals surface area contributed by atoms with Crippen molar-refractivity contribution < 1.29 is 14.3 Å². The fourth-order valence-electron chi connectivity index (χ4n) is 3.07. The highest BCUT2D eigenvalue weighted by atomic mass is 35.5. The van der Waals surface area contributed by atoms with Gasteiger partial charge in [-0.25, -0.2) is 0 Å². The Morgan fingerprint density at radius 2 is 2.08 bits per heavy atom. The number of nitrogens with zero attached hydrogens (tertiary/aromatic N) is 1. The second kappa shape index (κ2) is 11.8. The molecular formula is C19H30ClN3O3. The van der Waals surface area contributed by atoms with Crippen molar-refractivity contribution in [2.24, 2.45) is 0 Å². The molecule has 1 aromatic carbocycles. The van der Waals surface area contributed by atoms with Crippen LogP contribution in [0.2, 0.25) is 0 Å². The Balaban J connectivity index is 0.00000338. The Hall–Kier alpha value is -1.79. The third-order valence-electron chi connectivity index (χ3n) is 4.47. The number of likely N-dealkylation sites (tertiary alicyclic amines) is 1. The van der Waals surface area contributed by atoms with Gasteiger partial charge in [-0.15, -0.1) is 12.4 Å². The zero-order chi connectivity index (χ0) is 18.1. The van der Waals surface area contributed by atoms with E-state index in [0.717, 1.165) is 25.9 Å². The van der Waals surface area contributed by atoms with E-state index in [-0.39, 0.29) is 24.2 Å². The predicted octanol–water partition coefficient (Wildman–Crippen LogP) is 2.23. The summed E-state index contributed by atoms with van der Waals surface area (Å²) in [4.78, 5) is 26.5. The number of carbonyl (C=O) groups excluding carboxylic acids is 2. The molecule has 1 heterocycles. The largest absolute Gasteiger partial charge is 0.493 e. The van der Waals surface area contributed by atoms with Gasteiger partial charge in [0.25, 0.3) is 5.91 Å². The molecule has 1 aromatic rings. The van der Waals surface area contributed by atoms with Crippen molar-refractivity contribution in [1.29, 1.82) is 0 Å². The van der Waals surface area contributed by atoms with Gasteiger partial charge >= 0.3 is 0 Å². The molecule has 26 heavy (non-hydrogen) atoms. The molecule has 7 heteroatoms. The van der Waals surface area contributed by atoms with Crippen molar-refractivity contribution in [3.8, 4) is 5.75 Å². The number of rotatable bonds is 8. The molecule has 0 spiro atoms. The van der Waals surface area contributed by atoms with Crippen LogP contribution in [0.25, 0.3) is 0 Å². The third kappa shape index (κ3) is 6.50. The van der Waals surface area contributed by atoms with E-state index in [1.165, 1.54) is 0 Å². The highest BCUT2D eigenvalue weighted by Gasteiger charge is 2.22. The zero-order valence-electron chi connectivity index (χ0n) is 15.6. The van der Waals surface area contributed by atoms with E-state index in [1.54, 1.807) is 12.1 Å². The van der Waals surface area contributed by atoms with Crippen molar-refractivity contribution in [3.63, 3.8) is 0 Å². The minimum Gasteiger partial charge on any atom is -0.493 e. The minimum atomic E-state index is -0.162. The number of carbonyl (C=O) groups is 2. The Labute approximate surface area is 162 Å². The molecule has 0 saturated carbocycles. The molecule has 1 unspecified atom stereocenters. The van der Waals surface area contributed by atoms with Crippen LogP contribution in [0.1, 0.15) is 43.0 Å². The van der Waals surface area contributed by atoms with E-state index in [2.05, 4.69) is 10.6 Å². The number of piperidine rings is 1. The number of nitrogens with one attached hydrogen (secondary N) is 2. The topological polar surface area (TPSA) is 70.7 Å². The molecule has 1 fully saturated rings. The fraction of sp³-hybridized carbons (Fsp3) is 0.579. The van der Waals surface area contributed by atoms with Gasteiger partial charge in [0.2, 0.25) is 5.91 Å². The van der Waals surface area contributed by atoms with Gasteiger partial charge in [0.1, 0.15) is 5.75 Å². The summed E-state index contributed by atoms with van der Waals surface area (Å²) in [6.45, 7) is 4.50. The van der Waals surface area contributed by atoms with Crippen LogP contribution < -0.4 is 15.4 Å². The van der Waals surface area contributed by atoms with E-state index < -0.39 is 0 Å². The Kier molecular flexibility index (Phi) is 10.1. The molecular weight excluding hydrogens is 354 g/mol. The second-order valence-electron chi connectivity index (χ2n) is 6.26. The van der Waals surface area contributed by atoms with Gasteiger partial charge in [0.15, 0.2) is 0 Å². The number of para-hydroxylation sites is 1. The molecule has 0 bridgehead atoms. The fourth-order valence-corrected chi connectivity index (χ4v) is 3.07. The smallest absolute Gasteiger partial charge is 0.255 e. The van der Waals surface area contributed by atoms with E-state index in [4.69, 9.17) is 4.74 Å². The van der Waals surface area contributed by atoms with Crippen molar-refractivity contribution >= 4 is 24.2 Å². The van der Waals surface area contributed by atoms with Crippen LogP contribution in [0.5, 0.6) is 5.75 Å². The van der Waals surface area contributed by atoms with Crippen LogP contribution in [0.4, 0.5) is 0 Å². The van der Waals surface area contributed by atoms with Gasteiger partial charge in [-0.1, -0.05) is 12.1 Å². The second-order valence-corrected chi connectivity index (χ2v) is 6.26. The lowest BCUT2D eigenvalue weighted by Gasteiger charge is -2.32. The summed E-state index contributed by atoms with van der Waals surface area (Å²) in [7, 11) is 1.94. The number of likely N-dealkylation sites (N-methyl/N-ethyl adjacent to an activating group) is 1. The first-order valence-electron chi connectivity index (χ1n) is 9.10. The minimum absolute atomic E-state index is 0. The van der Waals surface area contributed by atoms with Gasteiger partial charge in [0, 0.05) is 32.1 Å². The number of benzene rings is 1. The van der Waals surface area contributed by atoms with Crippen LogP contribution in [-0.4, -0.2) is 56.0 Å². The highest BCUT2D eigenvalue weighted by Crippen LogP contribution is 2.17. The van der Waals surface area contributed by atoms with Crippen LogP contribution in [0, 0.1) is 0 Å². The van der Waals surface area contributed by atoms with Gasteiger partial charge in [-0.2, -0.15) is 0 Å². The number of hydrogen-bond donors (Lipinski definition) is 2. The molecule has 2 amide bonds. The average Bonchev–Trinajstić information content (AvgIpc) is 2.65. The Bertz CT molecular complexity index is 583. The van der Waals surface area contributed by atoms with Crippen molar-refractivity contribution in [1.82, 2.24) is 15.5 Å². The molecule has 1 atom stereocenters. The van der Waals surface area contributed by atoms with Crippen LogP contribution in [0.15, 0.2) is 24.3 Å². The molecule has 2 N–H and O–H groups in total. The molecule has 1 saturated heterocycles. The molecule has 0 radical (unpaired) electrons. The summed E-state index contributed by atoms with van der Waals surface area (Å²) in [5.74, 6) is 0.596. The van der Waals surface area contributed by atoms with Gasteiger partial charge in [-0.3, -0.25) is 9.59 Å². The number of halogens is 1. The lowest BCUT2D eigenvalue weighted by molar-refractivity contribution is -0.132. The van der Waals surface area contributed by atoms with Gasteiger partial charge < -0.3 is 20.3 Å². The van der Waals surface area contributed by atoms with Crippen LogP contribution >= 0.6 is 12.4 Å². The summed E-state index contributed by atoms with van der Waals surface area (Å²) >= 11 is 0. The highest BCUT2D eigenvalue weighted by molar-refractivity contribution is 5.96. The van der Waals surface area contributed by atoms with Crippen molar-refractivity contribution in [2.75, 3.05) is 33.3 Å². The standard InChI is InChI=1S/C19H29N3O3.ClH/c1-3-25-17-10-5-4-9-16(17)19(24)21-12-6-11-18(23)22-13-7-8-15(14-22)20-2;/h4-5,9-10,15,20H,3,6-8,11-14H2,1-2H3,(H,21,24);1H. The van der Waals surface area contributed by atoms with E-state index in [1.807, 2.05) is 31.0 Å². The van der Waals surface area contributed by atoms with E-state index in [9.17, 15) is 9.59 Å². The maximum absolute atomic E-state index is 12.3. The molecule has 6 nitrogen and oxygen atoms in total. The van der Waals surface area contributed by atoms with Crippen LogP contribution in [0.3, 0.4) is 0 Å². The normalized spacial score (nSPS) is 16.5. The predicted molar refractivity (Wildman–Crippen MR) is 105 cm³/mol. The van der Waals surface area contributed by atoms with Gasteiger partial charge in [-0.05, 0) is 45.4 Å².